The van der Waals surface area contributed by atoms with E-state index in [0.717, 1.165) is 21.6 Å². The number of hydrogen-bond donors (Lipinski definition) is 2. The fraction of sp³-hybridized carbons (Fsp3) is 0.333. The summed E-state index contributed by atoms with van der Waals surface area (Å²) in [5.41, 5.74) is 1.76. The van der Waals surface area contributed by atoms with Gasteiger partial charge in [0.2, 0.25) is 0 Å². The van der Waals surface area contributed by atoms with Crippen LogP contribution >= 0.6 is 15.9 Å². The number of anilines is 1. The molecule has 0 saturated heterocycles. The maximum atomic E-state index is 8.80. The number of aromatic nitrogens is 3. The number of methoxy groups -OCH3 is 1. The Balaban J connectivity index is 1.97. The van der Waals surface area contributed by atoms with Crippen molar-refractivity contribution in [3.8, 4) is 5.75 Å². The van der Waals surface area contributed by atoms with Crippen LogP contribution in [0.5, 0.6) is 5.75 Å². The zero-order valence-electron chi connectivity index (χ0n) is 10.5. The summed E-state index contributed by atoms with van der Waals surface area (Å²) in [4.78, 5) is 0. The molecule has 0 aliphatic carbocycles. The van der Waals surface area contributed by atoms with Crippen LogP contribution in [0, 0.1) is 0 Å². The van der Waals surface area contributed by atoms with E-state index >= 15 is 0 Å². The van der Waals surface area contributed by atoms with Crippen molar-refractivity contribution in [3.05, 3.63) is 34.6 Å². The monoisotopic (exact) mass is 326 g/mol. The van der Waals surface area contributed by atoms with Gasteiger partial charge in [0.1, 0.15) is 11.4 Å². The van der Waals surface area contributed by atoms with Gasteiger partial charge in [0.05, 0.1) is 37.5 Å². The molecule has 0 aliphatic rings. The molecule has 0 atom stereocenters. The number of nitrogens with one attached hydrogen (secondary N) is 1. The minimum Gasteiger partial charge on any atom is -0.495 e. The average molecular weight is 327 g/mol. The van der Waals surface area contributed by atoms with Gasteiger partial charge in [0.15, 0.2) is 0 Å². The van der Waals surface area contributed by atoms with E-state index in [0.29, 0.717) is 13.1 Å². The first-order valence-corrected chi connectivity index (χ1v) is 6.59. The van der Waals surface area contributed by atoms with Crippen molar-refractivity contribution >= 4 is 21.6 Å². The molecule has 0 fully saturated rings. The zero-order valence-corrected chi connectivity index (χ0v) is 12.1. The van der Waals surface area contributed by atoms with Gasteiger partial charge < -0.3 is 15.2 Å². The topological polar surface area (TPSA) is 72.2 Å². The number of hydrogen-bond acceptors (Lipinski definition) is 5. The Morgan fingerprint density at radius 3 is 3.05 bits per heavy atom. The van der Waals surface area contributed by atoms with E-state index in [4.69, 9.17) is 9.84 Å². The van der Waals surface area contributed by atoms with E-state index in [1.165, 1.54) is 0 Å². The Labute approximate surface area is 119 Å². The van der Waals surface area contributed by atoms with Gasteiger partial charge in [-0.15, -0.1) is 5.10 Å². The summed E-state index contributed by atoms with van der Waals surface area (Å²) in [5.74, 6) is 0.772. The van der Waals surface area contributed by atoms with Crippen molar-refractivity contribution in [2.24, 2.45) is 0 Å². The molecule has 0 amide bonds. The lowest BCUT2D eigenvalue weighted by molar-refractivity contribution is 0.268. The fourth-order valence-electron chi connectivity index (χ4n) is 1.59. The van der Waals surface area contributed by atoms with Crippen molar-refractivity contribution in [3.63, 3.8) is 0 Å². The average Bonchev–Trinajstić information content (AvgIpc) is 2.86. The van der Waals surface area contributed by atoms with Crippen molar-refractivity contribution < 1.29 is 9.84 Å². The summed E-state index contributed by atoms with van der Waals surface area (Å²) in [6, 6.07) is 5.77. The summed E-state index contributed by atoms with van der Waals surface area (Å²) in [7, 11) is 1.63. The molecule has 1 aromatic heterocycles. The third kappa shape index (κ3) is 3.68. The molecule has 1 aromatic carbocycles. The molecule has 2 rings (SSSR count). The second-order valence-electron chi connectivity index (χ2n) is 3.90. The predicted molar refractivity (Wildman–Crippen MR) is 75.1 cm³/mol. The van der Waals surface area contributed by atoms with Gasteiger partial charge in [-0.2, -0.15) is 0 Å². The quantitative estimate of drug-likeness (QED) is 0.844. The van der Waals surface area contributed by atoms with Gasteiger partial charge in [-0.25, -0.2) is 4.68 Å². The number of aliphatic hydroxyl groups is 1. The highest BCUT2D eigenvalue weighted by molar-refractivity contribution is 9.10. The summed E-state index contributed by atoms with van der Waals surface area (Å²) < 4.78 is 7.75. The molecule has 0 spiro atoms. The maximum absolute atomic E-state index is 8.80. The zero-order chi connectivity index (χ0) is 13.7. The third-order valence-corrected chi connectivity index (χ3v) is 3.20. The molecule has 19 heavy (non-hydrogen) atoms. The van der Waals surface area contributed by atoms with Gasteiger partial charge in [-0.3, -0.25) is 0 Å². The smallest absolute Gasteiger partial charge is 0.135 e. The van der Waals surface area contributed by atoms with E-state index in [-0.39, 0.29) is 6.61 Å². The molecule has 0 unspecified atom stereocenters. The van der Waals surface area contributed by atoms with Crippen LogP contribution in [0.15, 0.2) is 28.9 Å². The van der Waals surface area contributed by atoms with Gasteiger partial charge in [-0.1, -0.05) is 5.21 Å². The van der Waals surface area contributed by atoms with E-state index in [1.807, 2.05) is 18.2 Å². The molecule has 1 heterocycles. The Morgan fingerprint density at radius 1 is 1.47 bits per heavy atom. The highest BCUT2D eigenvalue weighted by Crippen LogP contribution is 2.27. The van der Waals surface area contributed by atoms with Crippen LogP contribution in [0.2, 0.25) is 0 Å². The molecule has 0 bridgehead atoms. The van der Waals surface area contributed by atoms with Crippen molar-refractivity contribution in [1.29, 1.82) is 0 Å². The molecule has 0 aliphatic heterocycles. The Morgan fingerprint density at radius 2 is 2.32 bits per heavy atom. The van der Waals surface area contributed by atoms with E-state index in [1.54, 1.807) is 18.0 Å². The Kier molecular flexibility index (Phi) is 4.75. The molecule has 2 N–H and O–H groups in total. The van der Waals surface area contributed by atoms with E-state index < -0.39 is 0 Å². The SMILES string of the molecule is COc1cc(NCc2cn(CCO)nn2)ccc1Br. The third-order valence-electron chi connectivity index (χ3n) is 2.54. The van der Waals surface area contributed by atoms with Crippen LogP contribution in [0.4, 0.5) is 5.69 Å². The molecule has 0 radical (unpaired) electrons. The molecular weight excluding hydrogens is 312 g/mol. The number of benzene rings is 1. The lowest BCUT2D eigenvalue weighted by atomic mass is 10.3. The summed E-state index contributed by atoms with van der Waals surface area (Å²) >= 11 is 3.41. The van der Waals surface area contributed by atoms with Crippen LogP contribution in [0.25, 0.3) is 0 Å². The Bertz CT molecular complexity index is 544. The number of nitrogens with zero attached hydrogens (tertiary/aromatic N) is 3. The maximum Gasteiger partial charge on any atom is 0.135 e. The first-order chi connectivity index (χ1) is 9.22. The van der Waals surface area contributed by atoms with E-state index in [2.05, 4.69) is 31.6 Å². The fourth-order valence-corrected chi connectivity index (χ4v) is 2.00. The Hall–Kier alpha value is -1.60. The first-order valence-electron chi connectivity index (χ1n) is 5.80. The highest BCUT2D eigenvalue weighted by atomic mass is 79.9. The van der Waals surface area contributed by atoms with E-state index in [9.17, 15) is 0 Å². The van der Waals surface area contributed by atoms with Crippen LogP contribution < -0.4 is 10.1 Å². The standard InChI is InChI=1S/C12H15BrN4O2/c1-19-12-6-9(2-3-11(12)13)14-7-10-8-17(4-5-18)16-15-10/h2-3,6,8,14,18H,4-5,7H2,1H3. The summed E-state index contributed by atoms with van der Waals surface area (Å²) in [5, 5.41) is 19.9. The second-order valence-corrected chi connectivity index (χ2v) is 4.75. The van der Waals surface area contributed by atoms with Gasteiger partial charge in [0, 0.05) is 11.8 Å². The highest BCUT2D eigenvalue weighted by Gasteiger charge is 2.03. The second kappa shape index (κ2) is 6.53. The molecule has 2 aromatic rings. The minimum absolute atomic E-state index is 0.0557. The number of ether oxygens (including phenoxy) is 1. The van der Waals surface area contributed by atoms with Crippen LogP contribution in [-0.2, 0) is 13.1 Å². The summed E-state index contributed by atoms with van der Waals surface area (Å²) in [6.45, 7) is 1.08. The van der Waals surface area contributed by atoms with Crippen molar-refractivity contribution in [1.82, 2.24) is 15.0 Å². The lowest BCUT2D eigenvalue weighted by Crippen LogP contribution is -2.02. The summed E-state index contributed by atoms with van der Waals surface area (Å²) in [6.07, 6.45) is 1.80. The molecular formula is C12H15BrN4O2. The van der Waals surface area contributed by atoms with Crippen LogP contribution in [0.1, 0.15) is 5.69 Å². The molecule has 6 nitrogen and oxygen atoms in total. The van der Waals surface area contributed by atoms with Gasteiger partial charge in [0.25, 0.3) is 0 Å². The lowest BCUT2D eigenvalue weighted by Gasteiger charge is -2.08. The number of aliphatic hydroxyl groups excluding tert-OH is 1. The molecule has 0 saturated carbocycles. The molecule has 7 heteroatoms. The molecule has 102 valence electrons. The predicted octanol–water partition coefficient (Wildman–Crippen LogP) is 1.65. The minimum atomic E-state index is 0.0557. The first kappa shape index (κ1) is 13.8. The van der Waals surface area contributed by atoms with Crippen molar-refractivity contribution in [2.45, 2.75) is 13.1 Å². The van der Waals surface area contributed by atoms with Crippen LogP contribution in [0.3, 0.4) is 0 Å². The normalized spacial score (nSPS) is 10.5. The largest absolute Gasteiger partial charge is 0.495 e. The number of halogens is 1. The van der Waals surface area contributed by atoms with Gasteiger partial charge >= 0.3 is 0 Å². The van der Waals surface area contributed by atoms with Crippen LogP contribution in [-0.4, -0.2) is 33.8 Å². The number of rotatable bonds is 6. The van der Waals surface area contributed by atoms with Crippen molar-refractivity contribution in [2.75, 3.05) is 19.0 Å². The van der Waals surface area contributed by atoms with Gasteiger partial charge in [-0.05, 0) is 28.1 Å².